The van der Waals surface area contributed by atoms with Crippen molar-refractivity contribution in [1.29, 1.82) is 0 Å². The lowest BCUT2D eigenvalue weighted by molar-refractivity contribution is 0.102. The summed E-state index contributed by atoms with van der Waals surface area (Å²) < 4.78 is 15.3. The molecular formula is C18H16FN3O. The maximum atomic E-state index is 13.6. The third-order valence-electron chi connectivity index (χ3n) is 3.60. The highest BCUT2D eigenvalue weighted by atomic mass is 19.1. The van der Waals surface area contributed by atoms with Gasteiger partial charge >= 0.3 is 0 Å². The fraction of sp³-hybridized carbons (Fsp3) is 0.111. The molecule has 3 aromatic rings. The normalized spacial score (nSPS) is 10.5. The van der Waals surface area contributed by atoms with Gasteiger partial charge in [0.25, 0.3) is 5.91 Å². The summed E-state index contributed by atoms with van der Waals surface area (Å²) in [7, 11) is 0. The third kappa shape index (κ3) is 3.45. The third-order valence-corrected chi connectivity index (χ3v) is 3.60. The predicted molar refractivity (Wildman–Crippen MR) is 86.9 cm³/mol. The molecule has 0 unspecified atom stereocenters. The van der Waals surface area contributed by atoms with Gasteiger partial charge in [0, 0.05) is 6.20 Å². The summed E-state index contributed by atoms with van der Waals surface area (Å²) in [4.78, 5) is 12.1. The first-order valence-electron chi connectivity index (χ1n) is 7.26. The van der Waals surface area contributed by atoms with Crippen molar-refractivity contribution in [3.63, 3.8) is 0 Å². The van der Waals surface area contributed by atoms with Crippen molar-refractivity contribution in [1.82, 2.24) is 9.78 Å². The number of benzene rings is 2. The van der Waals surface area contributed by atoms with Crippen LogP contribution in [0.4, 0.5) is 10.1 Å². The molecular weight excluding hydrogens is 293 g/mol. The molecule has 0 atom stereocenters. The number of nitrogens with one attached hydrogen (secondary N) is 1. The molecule has 23 heavy (non-hydrogen) atoms. The first kappa shape index (κ1) is 15.0. The molecule has 0 saturated carbocycles. The van der Waals surface area contributed by atoms with Gasteiger partial charge < -0.3 is 5.32 Å². The van der Waals surface area contributed by atoms with Crippen molar-refractivity contribution < 1.29 is 9.18 Å². The topological polar surface area (TPSA) is 46.9 Å². The predicted octanol–water partition coefficient (Wildman–Crippen LogP) is 3.63. The van der Waals surface area contributed by atoms with E-state index in [2.05, 4.69) is 10.4 Å². The van der Waals surface area contributed by atoms with Gasteiger partial charge in [-0.2, -0.15) is 5.10 Å². The Labute approximate surface area is 133 Å². The molecule has 1 N–H and O–H groups in total. The summed E-state index contributed by atoms with van der Waals surface area (Å²) in [6, 6.07) is 13.9. The van der Waals surface area contributed by atoms with Gasteiger partial charge in [0.15, 0.2) is 0 Å². The molecule has 3 rings (SSSR count). The standard InChI is InChI=1S/C18H16FN3O/c1-13-6-2-3-7-14(13)11-22-12-15(10-20-22)21-18(23)16-8-4-5-9-17(16)19/h2-10,12H,11H2,1H3,(H,21,23). The average molecular weight is 309 g/mol. The molecule has 116 valence electrons. The summed E-state index contributed by atoms with van der Waals surface area (Å²) in [5.74, 6) is -1.03. The van der Waals surface area contributed by atoms with Crippen LogP contribution in [-0.2, 0) is 6.54 Å². The Bertz CT molecular complexity index is 842. The van der Waals surface area contributed by atoms with E-state index in [1.54, 1.807) is 29.2 Å². The minimum absolute atomic E-state index is 0.0131. The molecule has 0 fully saturated rings. The van der Waals surface area contributed by atoms with Crippen molar-refractivity contribution in [2.45, 2.75) is 13.5 Å². The van der Waals surface area contributed by atoms with Crippen molar-refractivity contribution >= 4 is 11.6 Å². The highest BCUT2D eigenvalue weighted by Crippen LogP contribution is 2.13. The lowest BCUT2D eigenvalue weighted by atomic mass is 10.1. The van der Waals surface area contributed by atoms with Gasteiger partial charge in [-0.3, -0.25) is 9.48 Å². The van der Waals surface area contributed by atoms with Crippen LogP contribution in [0.25, 0.3) is 0 Å². The maximum absolute atomic E-state index is 13.6. The van der Waals surface area contributed by atoms with Gasteiger partial charge in [-0.25, -0.2) is 4.39 Å². The zero-order valence-corrected chi connectivity index (χ0v) is 12.7. The van der Waals surface area contributed by atoms with E-state index < -0.39 is 11.7 Å². The summed E-state index contributed by atoms with van der Waals surface area (Å²) in [5.41, 5.74) is 2.88. The number of nitrogens with zero attached hydrogens (tertiary/aromatic N) is 2. The summed E-state index contributed by atoms with van der Waals surface area (Å²) in [6.07, 6.45) is 3.28. The first-order chi connectivity index (χ1) is 11.1. The smallest absolute Gasteiger partial charge is 0.258 e. The van der Waals surface area contributed by atoms with Gasteiger partial charge in [0.1, 0.15) is 5.82 Å². The van der Waals surface area contributed by atoms with Crippen LogP contribution in [0.2, 0.25) is 0 Å². The van der Waals surface area contributed by atoms with Crippen molar-refractivity contribution in [3.8, 4) is 0 Å². The minimum Gasteiger partial charge on any atom is -0.319 e. The second kappa shape index (κ2) is 6.44. The number of hydrogen-bond acceptors (Lipinski definition) is 2. The highest BCUT2D eigenvalue weighted by molar-refractivity contribution is 6.04. The van der Waals surface area contributed by atoms with E-state index in [4.69, 9.17) is 0 Å². The number of carbonyl (C=O) groups is 1. The summed E-state index contributed by atoms with van der Waals surface area (Å²) >= 11 is 0. The van der Waals surface area contributed by atoms with Crippen LogP contribution in [-0.4, -0.2) is 15.7 Å². The Morgan fingerprint density at radius 2 is 1.91 bits per heavy atom. The molecule has 2 aromatic carbocycles. The molecule has 0 aliphatic rings. The molecule has 0 spiro atoms. The van der Waals surface area contributed by atoms with E-state index in [0.717, 1.165) is 5.56 Å². The van der Waals surface area contributed by atoms with E-state index in [1.165, 1.54) is 17.7 Å². The molecule has 4 nitrogen and oxygen atoms in total. The van der Waals surface area contributed by atoms with Crippen LogP contribution in [0.3, 0.4) is 0 Å². The van der Waals surface area contributed by atoms with Gasteiger partial charge in [0.05, 0.1) is 24.0 Å². The lowest BCUT2D eigenvalue weighted by Gasteiger charge is -2.05. The van der Waals surface area contributed by atoms with Crippen LogP contribution < -0.4 is 5.32 Å². The number of aromatic nitrogens is 2. The van der Waals surface area contributed by atoms with Crippen LogP contribution in [0.5, 0.6) is 0 Å². The Hall–Kier alpha value is -2.95. The van der Waals surface area contributed by atoms with Gasteiger partial charge in [0.2, 0.25) is 0 Å². The van der Waals surface area contributed by atoms with E-state index in [1.807, 2.05) is 31.2 Å². The Kier molecular flexibility index (Phi) is 4.19. The van der Waals surface area contributed by atoms with Gasteiger partial charge in [-0.05, 0) is 30.2 Å². The first-order valence-corrected chi connectivity index (χ1v) is 7.26. The summed E-state index contributed by atoms with van der Waals surface area (Å²) in [5, 5.41) is 6.89. The van der Waals surface area contributed by atoms with Crippen molar-refractivity contribution in [2.75, 3.05) is 5.32 Å². The fourth-order valence-electron chi connectivity index (χ4n) is 2.32. The second-order valence-electron chi connectivity index (χ2n) is 5.29. The van der Waals surface area contributed by atoms with Crippen molar-refractivity contribution in [3.05, 3.63) is 83.4 Å². The Balaban J connectivity index is 1.72. The van der Waals surface area contributed by atoms with Crippen LogP contribution in [0, 0.1) is 12.7 Å². The average Bonchev–Trinajstić information content (AvgIpc) is 2.97. The number of anilines is 1. The largest absolute Gasteiger partial charge is 0.319 e. The summed E-state index contributed by atoms with van der Waals surface area (Å²) in [6.45, 7) is 2.65. The second-order valence-corrected chi connectivity index (χ2v) is 5.29. The quantitative estimate of drug-likeness (QED) is 0.800. The number of amides is 1. The van der Waals surface area contributed by atoms with Crippen LogP contribution in [0.15, 0.2) is 60.9 Å². The van der Waals surface area contributed by atoms with E-state index >= 15 is 0 Å². The van der Waals surface area contributed by atoms with Crippen LogP contribution >= 0.6 is 0 Å². The Morgan fingerprint density at radius 1 is 1.17 bits per heavy atom. The van der Waals surface area contributed by atoms with Crippen molar-refractivity contribution in [2.24, 2.45) is 0 Å². The van der Waals surface area contributed by atoms with E-state index in [-0.39, 0.29) is 5.56 Å². The van der Waals surface area contributed by atoms with E-state index in [0.29, 0.717) is 12.2 Å². The molecule has 1 amide bonds. The SMILES string of the molecule is Cc1ccccc1Cn1cc(NC(=O)c2ccccc2F)cn1. The highest BCUT2D eigenvalue weighted by Gasteiger charge is 2.12. The molecule has 1 aromatic heterocycles. The number of aryl methyl sites for hydroxylation is 1. The van der Waals surface area contributed by atoms with E-state index in [9.17, 15) is 9.18 Å². The lowest BCUT2D eigenvalue weighted by Crippen LogP contribution is -2.13. The molecule has 0 aliphatic carbocycles. The number of hydrogen-bond donors (Lipinski definition) is 1. The minimum atomic E-state index is -0.544. The van der Waals surface area contributed by atoms with Gasteiger partial charge in [-0.15, -0.1) is 0 Å². The number of rotatable bonds is 4. The molecule has 5 heteroatoms. The molecule has 0 radical (unpaired) electrons. The fourth-order valence-corrected chi connectivity index (χ4v) is 2.32. The molecule has 0 bridgehead atoms. The number of halogens is 1. The number of carbonyl (C=O) groups excluding carboxylic acids is 1. The molecule has 1 heterocycles. The zero-order chi connectivity index (χ0) is 16.2. The zero-order valence-electron chi connectivity index (χ0n) is 12.7. The monoisotopic (exact) mass is 309 g/mol. The molecule has 0 aliphatic heterocycles. The maximum Gasteiger partial charge on any atom is 0.258 e. The molecule has 0 saturated heterocycles. The van der Waals surface area contributed by atoms with Gasteiger partial charge in [-0.1, -0.05) is 36.4 Å². The van der Waals surface area contributed by atoms with Crippen LogP contribution in [0.1, 0.15) is 21.5 Å². The Morgan fingerprint density at radius 3 is 2.70 bits per heavy atom.